The molecule has 0 aromatic heterocycles. The van der Waals surface area contributed by atoms with Gasteiger partial charge in [-0.15, -0.1) is 0 Å². The molecule has 0 unspecified atom stereocenters. The van der Waals surface area contributed by atoms with Crippen LogP contribution in [0, 0.1) is 0 Å². The monoisotopic (exact) mass is 322 g/mol. The summed E-state index contributed by atoms with van der Waals surface area (Å²) in [5.41, 5.74) is 7.58. The van der Waals surface area contributed by atoms with Gasteiger partial charge < -0.3 is 5.73 Å². The Balaban J connectivity index is 1.99. The van der Waals surface area contributed by atoms with Gasteiger partial charge in [0.05, 0.1) is 11.4 Å². The molecule has 3 aromatic rings. The van der Waals surface area contributed by atoms with Gasteiger partial charge in [-0.05, 0) is 35.7 Å². The van der Waals surface area contributed by atoms with Gasteiger partial charge in [0.2, 0.25) is 0 Å². The van der Waals surface area contributed by atoms with Gasteiger partial charge in [-0.3, -0.25) is 9.59 Å². The van der Waals surface area contributed by atoms with Crippen molar-refractivity contribution in [2.45, 2.75) is 0 Å². The number of nitrogen functional groups attached to an aromatic ring is 1. The minimum Gasteiger partial charge on any atom is -0.397 e. The van der Waals surface area contributed by atoms with Crippen LogP contribution >= 0.6 is 11.6 Å². The third-order valence-electron chi connectivity index (χ3n) is 4.00. The summed E-state index contributed by atoms with van der Waals surface area (Å²) in [5.74, 6) is -0.762. The second-order valence-corrected chi connectivity index (χ2v) is 5.79. The summed E-state index contributed by atoms with van der Waals surface area (Å²) in [4.78, 5) is 26.8. The molecule has 1 aliphatic heterocycles. The summed E-state index contributed by atoms with van der Waals surface area (Å²) in [6.45, 7) is 0. The third-order valence-corrected chi connectivity index (χ3v) is 4.24. The van der Waals surface area contributed by atoms with Crippen LogP contribution in [-0.2, 0) is 0 Å². The molecule has 0 spiro atoms. The summed E-state index contributed by atoms with van der Waals surface area (Å²) in [7, 11) is 0. The number of rotatable bonds is 1. The second kappa shape index (κ2) is 4.83. The molecule has 4 rings (SSSR count). The highest BCUT2D eigenvalue weighted by atomic mass is 35.5. The van der Waals surface area contributed by atoms with Crippen LogP contribution in [0.2, 0.25) is 5.02 Å². The van der Waals surface area contributed by atoms with Crippen molar-refractivity contribution in [2.24, 2.45) is 0 Å². The lowest BCUT2D eigenvalue weighted by Gasteiger charge is -2.28. The summed E-state index contributed by atoms with van der Waals surface area (Å²) < 4.78 is 0. The standard InChI is InChI=1S/C18H11ClN2O2/c19-11-7-8-15(14(20)9-11)21-17(22)12-5-1-3-10-4-2-6-13(16(10)12)18(21)23/h1-9H,20H2. The van der Waals surface area contributed by atoms with E-state index < -0.39 is 0 Å². The number of benzene rings is 3. The number of imide groups is 1. The van der Waals surface area contributed by atoms with Crippen LogP contribution < -0.4 is 10.6 Å². The molecule has 3 aromatic carbocycles. The van der Waals surface area contributed by atoms with E-state index in [0.29, 0.717) is 27.2 Å². The van der Waals surface area contributed by atoms with E-state index in [1.54, 1.807) is 36.4 Å². The maximum absolute atomic E-state index is 12.9. The molecule has 112 valence electrons. The Labute approximate surface area is 137 Å². The molecule has 0 aliphatic carbocycles. The quantitative estimate of drug-likeness (QED) is 0.546. The minimum absolute atomic E-state index is 0.283. The van der Waals surface area contributed by atoms with E-state index in [4.69, 9.17) is 17.3 Å². The van der Waals surface area contributed by atoms with Crippen molar-refractivity contribution in [3.05, 3.63) is 70.7 Å². The first-order valence-corrected chi connectivity index (χ1v) is 7.41. The van der Waals surface area contributed by atoms with Crippen LogP contribution in [0.15, 0.2) is 54.6 Å². The molecule has 0 bridgehead atoms. The predicted octanol–water partition coefficient (Wildman–Crippen LogP) is 3.88. The lowest BCUT2D eigenvalue weighted by atomic mass is 9.93. The molecule has 0 saturated carbocycles. The van der Waals surface area contributed by atoms with Crippen molar-refractivity contribution in [1.82, 2.24) is 0 Å². The normalized spacial score (nSPS) is 13.7. The number of amides is 2. The van der Waals surface area contributed by atoms with Crippen molar-refractivity contribution in [1.29, 1.82) is 0 Å². The zero-order valence-corrected chi connectivity index (χ0v) is 12.7. The SMILES string of the molecule is Nc1cc(Cl)ccc1N1C(=O)c2cccc3cccc(c23)C1=O. The summed E-state index contributed by atoms with van der Waals surface area (Å²) >= 11 is 5.91. The van der Waals surface area contributed by atoms with Crippen molar-refractivity contribution in [2.75, 3.05) is 10.6 Å². The largest absolute Gasteiger partial charge is 0.397 e. The summed E-state index contributed by atoms with van der Waals surface area (Å²) in [6, 6.07) is 15.5. The highest BCUT2D eigenvalue weighted by molar-refractivity contribution is 6.36. The summed E-state index contributed by atoms with van der Waals surface area (Å²) in [6.07, 6.45) is 0. The van der Waals surface area contributed by atoms with Crippen molar-refractivity contribution >= 4 is 45.6 Å². The maximum atomic E-state index is 12.9. The molecule has 0 radical (unpaired) electrons. The second-order valence-electron chi connectivity index (χ2n) is 5.36. The van der Waals surface area contributed by atoms with Gasteiger partial charge in [-0.2, -0.15) is 0 Å². The Hall–Kier alpha value is -2.85. The molecule has 1 aliphatic rings. The zero-order valence-electron chi connectivity index (χ0n) is 11.9. The molecule has 1 heterocycles. The fourth-order valence-corrected chi connectivity index (χ4v) is 3.16. The van der Waals surface area contributed by atoms with Crippen LogP contribution in [0.25, 0.3) is 10.8 Å². The van der Waals surface area contributed by atoms with Gasteiger partial charge in [-0.1, -0.05) is 35.9 Å². The Morgan fingerprint density at radius 1 is 0.870 bits per heavy atom. The van der Waals surface area contributed by atoms with E-state index in [-0.39, 0.29) is 17.5 Å². The van der Waals surface area contributed by atoms with Crippen LogP contribution in [0.4, 0.5) is 11.4 Å². The third kappa shape index (κ3) is 1.92. The van der Waals surface area contributed by atoms with Gasteiger partial charge in [0.25, 0.3) is 11.8 Å². The van der Waals surface area contributed by atoms with Gasteiger partial charge in [0.1, 0.15) is 0 Å². The molecular weight excluding hydrogens is 312 g/mol. The van der Waals surface area contributed by atoms with Crippen LogP contribution in [-0.4, -0.2) is 11.8 Å². The lowest BCUT2D eigenvalue weighted by molar-refractivity contribution is 0.0893. The molecule has 0 atom stereocenters. The Bertz CT molecular complexity index is 947. The smallest absolute Gasteiger partial charge is 0.266 e. The fraction of sp³-hybridized carbons (Fsp3) is 0. The number of anilines is 2. The minimum atomic E-state index is -0.381. The Morgan fingerprint density at radius 2 is 1.48 bits per heavy atom. The van der Waals surface area contributed by atoms with Crippen LogP contribution in [0.1, 0.15) is 20.7 Å². The molecule has 2 amide bonds. The van der Waals surface area contributed by atoms with E-state index in [0.717, 1.165) is 10.3 Å². The van der Waals surface area contributed by atoms with Gasteiger partial charge in [-0.25, -0.2) is 4.90 Å². The maximum Gasteiger partial charge on any atom is 0.266 e. The van der Waals surface area contributed by atoms with Crippen molar-refractivity contribution in [3.8, 4) is 0 Å². The number of nitrogens with zero attached hydrogens (tertiary/aromatic N) is 1. The van der Waals surface area contributed by atoms with Crippen molar-refractivity contribution in [3.63, 3.8) is 0 Å². The summed E-state index contributed by atoms with van der Waals surface area (Å²) in [5, 5.41) is 2.00. The van der Waals surface area contributed by atoms with Gasteiger partial charge in [0, 0.05) is 21.5 Å². The highest BCUT2D eigenvalue weighted by Gasteiger charge is 2.34. The molecule has 0 saturated heterocycles. The predicted molar refractivity (Wildman–Crippen MR) is 91.0 cm³/mol. The zero-order chi connectivity index (χ0) is 16.1. The Morgan fingerprint density at radius 3 is 2.04 bits per heavy atom. The van der Waals surface area contributed by atoms with E-state index >= 15 is 0 Å². The number of carbonyl (C=O) groups excluding carboxylic acids is 2. The van der Waals surface area contributed by atoms with E-state index in [1.807, 2.05) is 12.1 Å². The van der Waals surface area contributed by atoms with E-state index in [9.17, 15) is 9.59 Å². The number of carbonyl (C=O) groups is 2. The fourth-order valence-electron chi connectivity index (χ4n) is 2.98. The topological polar surface area (TPSA) is 63.4 Å². The van der Waals surface area contributed by atoms with E-state index in [2.05, 4.69) is 0 Å². The van der Waals surface area contributed by atoms with Crippen LogP contribution in [0.3, 0.4) is 0 Å². The first-order chi connectivity index (χ1) is 11.1. The lowest BCUT2D eigenvalue weighted by Crippen LogP contribution is -2.40. The molecule has 0 fully saturated rings. The average Bonchev–Trinajstić information content (AvgIpc) is 2.54. The number of nitrogens with two attached hydrogens (primary N) is 1. The first kappa shape index (κ1) is 13.8. The molecular formula is C18H11ClN2O2. The molecule has 5 heteroatoms. The average molecular weight is 323 g/mol. The van der Waals surface area contributed by atoms with Gasteiger partial charge >= 0.3 is 0 Å². The number of halogens is 1. The molecule has 4 nitrogen and oxygen atoms in total. The van der Waals surface area contributed by atoms with Crippen LogP contribution in [0.5, 0.6) is 0 Å². The molecule has 23 heavy (non-hydrogen) atoms. The van der Waals surface area contributed by atoms with E-state index in [1.165, 1.54) is 6.07 Å². The Kier molecular flexibility index (Phi) is 2.89. The number of hydrogen-bond donors (Lipinski definition) is 1. The first-order valence-electron chi connectivity index (χ1n) is 7.03. The number of hydrogen-bond acceptors (Lipinski definition) is 3. The molecule has 2 N–H and O–H groups in total. The highest BCUT2D eigenvalue weighted by Crippen LogP contribution is 2.35. The van der Waals surface area contributed by atoms with Crippen molar-refractivity contribution < 1.29 is 9.59 Å². The van der Waals surface area contributed by atoms with Gasteiger partial charge in [0.15, 0.2) is 0 Å².